The van der Waals surface area contributed by atoms with E-state index in [1.807, 2.05) is 20.8 Å². The Morgan fingerprint density at radius 1 is 1.23 bits per heavy atom. The van der Waals surface area contributed by atoms with E-state index < -0.39 is 5.60 Å². The zero-order valence-corrected chi connectivity index (χ0v) is 8.64. The van der Waals surface area contributed by atoms with E-state index in [1.54, 1.807) is 0 Å². The summed E-state index contributed by atoms with van der Waals surface area (Å²) in [5.74, 6) is -0.254. The number of hydrogen-bond acceptors (Lipinski definition) is 3. The van der Waals surface area contributed by atoms with Gasteiger partial charge in [0.05, 0.1) is 5.60 Å². The van der Waals surface area contributed by atoms with E-state index >= 15 is 0 Å². The Bertz CT molecular complexity index is 194. The number of carbonyl (C=O) groups excluding carboxylic acids is 2. The Morgan fingerprint density at radius 2 is 1.77 bits per heavy atom. The summed E-state index contributed by atoms with van der Waals surface area (Å²) >= 11 is 0. The molecule has 0 aliphatic heterocycles. The van der Waals surface area contributed by atoms with Crippen molar-refractivity contribution in [1.82, 2.24) is 5.48 Å². The Labute approximate surface area is 78.6 Å². The van der Waals surface area contributed by atoms with Gasteiger partial charge in [-0.3, -0.25) is 9.63 Å². The van der Waals surface area contributed by atoms with Crippen LogP contribution in [0.4, 0.5) is 0 Å². The van der Waals surface area contributed by atoms with Gasteiger partial charge in [0, 0.05) is 12.8 Å². The SMILES string of the molecule is CC(=O)CCC(=O)NOC(C)(C)C. The van der Waals surface area contributed by atoms with E-state index in [1.165, 1.54) is 6.92 Å². The summed E-state index contributed by atoms with van der Waals surface area (Å²) in [5, 5.41) is 0. The van der Waals surface area contributed by atoms with Gasteiger partial charge in [0.1, 0.15) is 5.78 Å². The third-order valence-corrected chi connectivity index (χ3v) is 1.18. The molecule has 0 spiro atoms. The predicted molar refractivity (Wildman–Crippen MR) is 48.9 cm³/mol. The second-order valence-electron chi connectivity index (χ2n) is 3.94. The summed E-state index contributed by atoms with van der Waals surface area (Å²) in [4.78, 5) is 26.5. The van der Waals surface area contributed by atoms with Gasteiger partial charge in [-0.05, 0) is 27.7 Å². The summed E-state index contributed by atoms with van der Waals surface area (Å²) < 4.78 is 0. The van der Waals surface area contributed by atoms with Crippen LogP contribution in [0.25, 0.3) is 0 Å². The number of nitrogens with one attached hydrogen (secondary N) is 1. The summed E-state index contributed by atoms with van der Waals surface area (Å²) in [6.07, 6.45) is 0.449. The van der Waals surface area contributed by atoms with Crippen LogP contribution in [-0.4, -0.2) is 17.3 Å². The lowest BCUT2D eigenvalue weighted by atomic mass is 10.2. The molecule has 0 aliphatic rings. The van der Waals surface area contributed by atoms with Gasteiger partial charge in [-0.2, -0.15) is 0 Å². The normalized spacial score (nSPS) is 11.1. The first-order valence-corrected chi connectivity index (χ1v) is 4.27. The zero-order chi connectivity index (χ0) is 10.5. The van der Waals surface area contributed by atoms with Gasteiger partial charge in [0.15, 0.2) is 0 Å². The topological polar surface area (TPSA) is 55.4 Å². The average molecular weight is 187 g/mol. The molecule has 0 aliphatic carbocycles. The lowest BCUT2D eigenvalue weighted by Crippen LogP contribution is -2.33. The van der Waals surface area contributed by atoms with Crippen molar-refractivity contribution < 1.29 is 14.4 Å². The molecule has 1 N–H and O–H groups in total. The molecular weight excluding hydrogens is 170 g/mol. The third kappa shape index (κ3) is 9.01. The first-order chi connectivity index (χ1) is 5.81. The van der Waals surface area contributed by atoms with E-state index in [2.05, 4.69) is 5.48 Å². The maximum Gasteiger partial charge on any atom is 0.243 e. The fraction of sp³-hybridized carbons (Fsp3) is 0.778. The maximum atomic E-state index is 11.0. The summed E-state index contributed by atoms with van der Waals surface area (Å²) in [6, 6.07) is 0. The molecule has 4 nitrogen and oxygen atoms in total. The van der Waals surface area contributed by atoms with Crippen LogP contribution < -0.4 is 5.48 Å². The van der Waals surface area contributed by atoms with Crippen LogP contribution in [0.3, 0.4) is 0 Å². The van der Waals surface area contributed by atoms with E-state index in [-0.39, 0.29) is 24.5 Å². The molecule has 4 heteroatoms. The van der Waals surface area contributed by atoms with E-state index in [0.29, 0.717) is 0 Å². The minimum Gasteiger partial charge on any atom is -0.300 e. The fourth-order valence-electron chi connectivity index (χ4n) is 0.551. The van der Waals surface area contributed by atoms with Crippen molar-refractivity contribution in [2.24, 2.45) is 0 Å². The van der Waals surface area contributed by atoms with Crippen molar-refractivity contribution >= 4 is 11.7 Å². The van der Waals surface area contributed by atoms with Crippen molar-refractivity contribution in [3.05, 3.63) is 0 Å². The number of hydroxylamine groups is 1. The lowest BCUT2D eigenvalue weighted by molar-refractivity contribution is -0.146. The van der Waals surface area contributed by atoms with Crippen molar-refractivity contribution in [2.75, 3.05) is 0 Å². The predicted octanol–water partition coefficient (Wildman–Crippen LogP) is 1.20. The molecule has 0 saturated heterocycles. The standard InChI is InChI=1S/C9H17NO3/c1-7(11)5-6-8(12)10-13-9(2,3)4/h5-6H2,1-4H3,(H,10,12). The molecule has 0 fully saturated rings. The quantitative estimate of drug-likeness (QED) is 0.673. The second kappa shape index (κ2) is 4.97. The Balaban J connectivity index is 3.58. The lowest BCUT2D eigenvalue weighted by Gasteiger charge is -2.18. The number of carbonyl (C=O) groups is 2. The minimum absolute atomic E-state index is 0.00547. The van der Waals surface area contributed by atoms with E-state index in [4.69, 9.17) is 4.84 Å². The van der Waals surface area contributed by atoms with Crippen LogP contribution in [-0.2, 0) is 14.4 Å². The van der Waals surface area contributed by atoms with Gasteiger partial charge in [0.2, 0.25) is 5.91 Å². The summed E-state index contributed by atoms with van der Waals surface area (Å²) in [7, 11) is 0. The maximum absolute atomic E-state index is 11.0. The van der Waals surface area contributed by atoms with Crippen molar-refractivity contribution in [1.29, 1.82) is 0 Å². The van der Waals surface area contributed by atoms with Gasteiger partial charge in [-0.25, -0.2) is 5.48 Å². The molecule has 0 rings (SSSR count). The van der Waals surface area contributed by atoms with Gasteiger partial charge in [-0.15, -0.1) is 0 Å². The molecule has 13 heavy (non-hydrogen) atoms. The molecule has 0 aromatic heterocycles. The van der Waals surface area contributed by atoms with Crippen LogP contribution >= 0.6 is 0 Å². The van der Waals surface area contributed by atoms with Crippen molar-refractivity contribution in [2.45, 2.75) is 46.1 Å². The molecular formula is C9H17NO3. The van der Waals surface area contributed by atoms with Crippen LogP contribution in [0.15, 0.2) is 0 Å². The highest BCUT2D eigenvalue weighted by molar-refractivity contribution is 5.82. The molecule has 0 aromatic carbocycles. The zero-order valence-electron chi connectivity index (χ0n) is 8.64. The molecule has 0 heterocycles. The Hall–Kier alpha value is -0.900. The molecule has 0 bridgehead atoms. The number of amides is 1. The number of hydrogen-bond donors (Lipinski definition) is 1. The first kappa shape index (κ1) is 12.1. The second-order valence-corrected chi connectivity index (χ2v) is 3.94. The fourth-order valence-corrected chi connectivity index (χ4v) is 0.551. The van der Waals surface area contributed by atoms with E-state index in [0.717, 1.165) is 0 Å². The van der Waals surface area contributed by atoms with Gasteiger partial charge in [-0.1, -0.05) is 0 Å². The molecule has 0 saturated carbocycles. The molecule has 0 unspecified atom stereocenters. The summed E-state index contributed by atoms with van der Waals surface area (Å²) in [5.41, 5.74) is 1.89. The Kier molecular flexibility index (Phi) is 4.62. The molecule has 0 radical (unpaired) electrons. The van der Waals surface area contributed by atoms with Crippen LogP contribution in [0.5, 0.6) is 0 Å². The smallest absolute Gasteiger partial charge is 0.243 e. The van der Waals surface area contributed by atoms with Crippen molar-refractivity contribution in [3.63, 3.8) is 0 Å². The molecule has 1 amide bonds. The van der Waals surface area contributed by atoms with Gasteiger partial charge >= 0.3 is 0 Å². The van der Waals surface area contributed by atoms with E-state index in [9.17, 15) is 9.59 Å². The third-order valence-electron chi connectivity index (χ3n) is 1.18. The Morgan fingerprint density at radius 3 is 2.15 bits per heavy atom. The van der Waals surface area contributed by atoms with Crippen LogP contribution in [0, 0.1) is 0 Å². The van der Waals surface area contributed by atoms with Crippen molar-refractivity contribution in [3.8, 4) is 0 Å². The number of Topliss-reactive ketones (excluding diaryl/α,β-unsaturated/α-hetero) is 1. The number of ketones is 1. The minimum atomic E-state index is -0.397. The average Bonchev–Trinajstić information content (AvgIpc) is 1.95. The largest absolute Gasteiger partial charge is 0.300 e. The van der Waals surface area contributed by atoms with Gasteiger partial charge < -0.3 is 4.79 Å². The van der Waals surface area contributed by atoms with Crippen LogP contribution in [0.1, 0.15) is 40.5 Å². The highest BCUT2D eigenvalue weighted by Crippen LogP contribution is 2.03. The molecule has 76 valence electrons. The first-order valence-electron chi connectivity index (χ1n) is 4.27. The molecule has 0 atom stereocenters. The number of rotatable bonds is 4. The summed E-state index contributed by atoms with van der Waals surface area (Å²) in [6.45, 7) is 6.95. The highest BCUT2D eigenvalue weighted by Gasteiger charge is 2.12. The van der Waals surface area contributed by atoms with Crippen LogP contribution in [0.2, 0.25) is 0 Å². The monoisotopic (exact) mass is 187 g/mol. The van der Waals surface area contributed by atoms with Gasteiger partial charge in [0.25, 0.3) is 0 Å². The molecule has 0 aromatic rings. The highest BCUT2D eigenvalue weighted by atomic mass is 16.7.